The Morgan fingerprint density at radius 3 is 2.69 bits per heavy atom. The minimum Gasteiger partial charge on any atom is -0.378 e. The van der Waals surface area contributed by atoms with Crippen molar-refractivity contribution in [3.05, 3.63) is 42.5 Å². The monoisotopic (exact) mass is 522 g/mol. The number of nitrogens with two attached hydrogens (primary N) is 1. The van der Waals surface area contributed by atoms with Crippen molar-refractivity contribution >= 4 is 28.3 Å². The molecule has 2 fully saturated rings. The zero-order valence-electron chi connectivity index (χ0n) is 20.0. The fourth-order valence-corrected chi connectivity index (χ4v) is 5.07. The molecule has 194 valence electrons. The van der Waals surface area contributed by atoms with E-state index in [1.807, 2.05) is 0 Å². The number of rotatable bonds is 7. The predicted octanol–water partition coefficient (Wildman–Crippen LogP) is 4.43. The Hall–Kier alpha value is -3.03. The molecule has 36 heavy (non-hydrogen) atoms. The molecular weight excluding hydrogens is 493 g/mol. The second kappa shape index (κ2) is 11.4. The quantitative estimate of drug-likeness (QED) is 0.181. The summed E-state index contributed by atoms with van der Waals surface area (Å²) in [6.45, 7) is 8.17. The van der Waals surface area contributed by atoms with Crippen molar-refractivity contribution in [3.8, 4) is 10.6 Å². The number of hydrogen-bond acceptors (Lipinski definition) is 9. The molecule has 9 nitrogen and oxygen atoms in total. The average Bonchev–Trinajstić information content (AvgIpc) is 3.55. The molecule has 1 saturated heterocycles. The molecule has 3 N–H and O–H groups in total. The van der Waals surface area contributed by atoms with Crippen LogP contribution in [-0.4, -0.2) is 58.0 Å². The summed E-state index contributed by atoms with van der Waals surface area (Å²) in [7, 11) is 0. The van der Waals surface area contributed by atoms with Crippen molar-refractivity contribution in [2.24, 2.45) is 10.8 Å². The first-order valence-electron chi connectivity index (χ1n) is 11.7. The van der Waals surface area contributed by atoms with Gasteiger partial charge in [-0.3, -0.25) is 0 Å². The average molecular weight is 523 g/mol. The largest absolute Gasteiger partial charge is 0.434 e. The van der Waals surface area contributed by atoms with Gasteiger partial charge in [-0.15, -0.1) is 0 Å². The smallest absolute Gasteiger partial charge is 0.378 e. The van der Waals surface area contributed by atoms with Crippen LogP contribution in [0.3, 0.4) is 0 Å². The van der Waals surface area contributed by atoms with Crippen molar-refractivity contribution in [1.82, 2.24) is 19.9 Å². The van der Waals surface area contributed by atoms with E-state index in [-0.39, 0.29) is 27.7 Å². The summed E-state index contributed by atoms with van der Waals surface area (Å²) in [4.78, 5) is 18.7. The molecule has 0 aromatic carbocycles. The summed E-state index contributed by atoms with van der Waals surface area (Å²) >= 11 is 0.930. The Morgan fingerprint density at radius 1 is 1.31 bits per heavy atom. The number of alkyl halides is 3. The summed E-state index contributed by atoms with van der Waals surface area (Å²) in [6.07, 6.45) is 4.01. The molecule has 4 rings (SSSR count). The van der Waals surface area contributed by atoms with Gasteiger partial charge in [-0.05, 0) is 31.9 Å². The van der Waals surface area contributed by atoms with Gasteiger partial charge in [0.1, 0.15) is 5.84 Å². The maximum Gasteiger partial charge on any atom is 0.434 e. The number of thiazole rings is 1. The first-order chi connectivity index (χ1) is 17.3. The van der Waals surface area contributed by atoms with Gasteiger partial charge in [-0.2, -0.15) is 13.2 Å². The fourth-order valence-electron chi connectivity index (χ4n) is 4.03. The highest BCUT2D eigenvalue weighted by Crippen LogP contribution is 2.42. The van der Waals surface area contributed by atoms with Gasteiger partial charge in [-0.25, -0.2) is 30.8 Å². The minimum absolute atomic E-state index is 0.0144. The van der Waals surface area contributed by atoms with Gasteiger partial charge < -0.3 is 15.0 Å². The van der Waals surface area contributed by atoms with Crippen LogP contribution in [0.5, 0.6) is 0 Å². The van der Waals surface area contributed by atoms with Gasteiger partial charge in [0, 0.05) is 25.3 Å². The molecule has 0 atom stereocenters. The number of amidine groups is 1. The Bertz CT molecular complexity index is 1120. The molecule has 1 aliphatic carbocycles. The summed E-state index contributed by atoms with van der Waals surface area (Å²) in [6, 6.07) is 1.55. The number of nitrogens with one attached hydrogen (secondary N) is 1. The summed E-state index contributed by atoms with van der Waals surface area (Å²) in [5, 5.41) is 4.51. The third-order valence-corrected chi connectivity index (χ3v) is 7.00. The SMILES string of the molecule is C=C/C(=C\N=C(/C)N(N)c1nccc(-c2sc(NC3CCCC3)nc2C(F)(F)F)n1)N1CCOCC1. The number of hydrogen-bond donors (Lipinski definition) is 2. The van der Waals surface area contributed by atoms with Gasteiger partial charge in [0.2, 0.25) is 5.95 Å². The van der Waals surface area contributed by atoms with Gasteiger partial charge in [0.05, 0.1) is 35.7 Å². The molecule has 2 aliphatic rings. The van der Waals surface area contributed by atoms with Crippen molar-refractivity contribution in [1.29, 1.82) is 0 Å². The van der Waals surface area contributed by atoms with Gasteiger partial charge in [0.25, 0.3) is 0 Å². The van der Waals surface area contributed by atoms with Crippen LogP contribution in [0.2, 0.25) is 0 Å². The number of aliphatic imine (C=N–C) groups is 1. The maximum atomic E-state index is 13.8. The van der Waals surface area contributed by atoms with E-state index in [1.165, 1.54) is 12.3 Å². The Kier molecular flexibility index (Phi) is 8.21. The molecule has 1 aliphatic heterocycles. The number of anilines is 2. The van der Waals surface area contributed by atoms with Crippen LogP contribution in [0, 0.1) is 0 Å². The lowest BCUT2D eigenvalue weighted by atomic mass is 10.2. The van der Waals surface area contributed by atoms with Crippen molar-refractivity contribution in [3.63, 3.8) is 0 Å². The lowest BCUT2D eigenvalue weighted by Crippen LogP contribution is -2.37. The van der Waals surface area contributed by atoms with Crippen molar-refractivity contribution < 1.29 is 17.9 Å². The Labute approximate surface area is 211 Å². The molecule has 0 radical (unpaired) electrons. The summed E-state index contributed by atoms with van der Waals surface area (Å²) in [5.41, 5.74) is -0.0821. The third kappa shape index (κ3) is 6.20. The number of allylic oxidation sites excluding steroid dienone is 1. The number of aromatic nitrogens is 3. The molecule has 2 aromatic rings. The highest BCUT2D eigenvalue weighted by atomic mass is 32.1. The van der Waals surface area contributed by atoms with E-state index in [4.69, 9.17) is 10.6 Å². The van der Waals surface area contributed by atoms with E-state index in [0.29, 0.717) is 19.0 Å². The Balaban J connectivity index is 1.58. The molecule has 3 heterocycles. The van der Waals surface area contributed by atoms with Crippen LogP contribution in [0.1, 0.15) is 38.3 Å². The van der Waals surface area contributed by atoms with Gasteiger partial charge >= 0.3 is 6.18 Å². The molecule has 2 aromatic heterocycles. The fraction of sp³-hybridized carbons (Fsp3) is 0.478. The van der Waals surface area contributed by atoms with E-state index >= 15 is 0 Å². The topological polar surface area (TPSA) is 105 Å². The number of hydrazine groups is 1. The van der Waals surface area contributed by atoms with E-state index in [9.17, 15) is 13.2 Å². The zero-order valence-corrected chi connectivity index (χ0v) is 20.8. The minimum atomic E-state index is -4.63. The van der Waals surface area contributed by atoms with Crippen LogP contribution < -0.4 is 16.2 Å². The van der Waals surface area contributed by atoms with E-state index in [2.05, 4.69) is 36.7 Å². The predicted molar refractivity (Wildman–Crippen MR) is 134 cm³/mol. The molecular formula is C23H29F3N8OS. The molecule has 0 amide bonds. The van der Waals surface area contributed by atoms with E-state index in [0.717, 1.165) is 60.8 Å². The van der Waals surface area contributed by atoms with Crippen LogP contribution >= 0.6 is 11.3 Å². The first-order valence-corrected chi connectivity index (χ1v) is 12.5. The molecule has 0 spiro atoms. The molecule has 1 saturated carbocycles. The van der Waals surface area contributed by atoms with Gasteiger partial charge in [0.15, 0.2) is 10.8 Å². The highest BCUT2D eigenvalue weighted by molar-refractivity contribution is 7.19. The van der Waals surface area contributed by atoms with Crippen LogP contribution in [0.15, 0.2) is 41.8 Å². The highest BCUT2D eigenvalue weighted by Gasteiger charge is 2.39. The van der Waals surface area contributed by atoms with Gasteiger partial charge in [-0.1, -0.05) is 30.8 Å². The van der Waals surface area contributed by atoms with Crippen molar-refractivity contribution in [2.45, 2.75) is 44.8 Å². The van der Waals surface area contributed by atoms with E-state index < -0.39 is 11.9 Å². The first kappa shape index (κ1) is 26.0. The molecule has 0 unspecified atom stereocenters. The van der Waals surface area contributed by atoms with Crippen LogP contribution in [0.25, 0.3) is 10.6 Å². The van der Waals surface area contributed by atoms with E-state index in [1.54, 1.807) is 19.2 Å². The van der Waals surface area contributed by atoms with Crippen LogP contribution in [0.4, 0.5) is 24.3 Å². The normalized spacial score (nSPS) is 18.0. The number of nitrogens with zero attached hydrogens (tertiary/aromatic N) is 6. The lowest BCUT2D eigenvalue weighted by molar-refractivity contribution is -0.140. The standard InChI is InChI=1S/C23H29F3N8OS/c1-3-17(33-10-12-35-13-11-33)14-29-15(2)34(27)21-28-9-8-18(31-21)19-20(23(24,25)26)32-22(36-19)30-16-6-4-5-7-16/h3,8-9,14,16H,1,4-7,10-13,27H2,2H3,(H,30,32)/b17-14+,29-15+. The molecule has 13 heteroatoms. The second-order valence-electron chi connectivity index (χ2n) is 8.47. The van der Waals surface area contributed by atoms with Crippen LogP contribution in [-0.2, 0) is 10.9 Å². The number of morpholine rings is 1. The number of ether oxygens (including phenoxy) is 1. The zero-order chi connectivity index (χ0) is 25.7. The van der Waals surface area contributed by atoms with Crippen molar-refractivity contribution in [2.75, 3.05) is 36.6 Å². The summed E-state index contributed by atoms with van der Waals surface area (Å²) in [5.74, 6) is 6.54. The second-order valence-corrected chi connectivity index (χ2v) is 9.47. The maximum absolute atomic E-state index is 13.8. The Morgan fingerprint density at radius 2 is 2.03 bits per heavy atom. The third-order valence-electron chi connectivity index (χ3n) is 5.99. The lowest BCUT2D eigenvalue weighted by Gasteiger charge is -2.29. The summed E-state index contributed by atoms with van der Waals surface area (Å²) < 4.78 is 46.8. The molecule has 0 bridgehead atoms. The number of halogens is 3.